The molecule has 2 aromatic rings. The lowest BCUT2D eigenvalue weighted by atomic mass is 9.92. The Hall–Kier alpha value is -1.13. The van der Waals surface area contributed by atoms with E-state index >= 15 is 0 Å². The van der Waals surface area contributed by atoms with Gasteiger partial charge >= 0.3 is 0 Å². The first-order chi connectivity index (χ1) is 8.83. The highest BCUT2D eigenvalue weighted by molar-refractivity contribution is 9.10. The van der Waals surface area contributed by atoms with Gasteiger partial charge in [0.25, 0.3) is 0 Å². The van der Waals surface area contributed by atoms with Crippen molar-refractivity contribution >= 4 is 15.9 Å². The molecule has 1 fully saturated rings. The third-order valence-corrected chi connectivity index (χ3v) is 3.89. The van der Waals surface area contributed by atoms with Gasteiger partial charge in [-0.3, -0.25) is 0 Å². The maximum atomic E-state index is 4.29. The van der Waals surface area contributed by atoms with Gasteiger partial charge in [-0.15, -0.1) is 0 Å². The van der Waals surface area contributed by atoms with E-state index in [0.29, 0.717) is 5.92 Å². The van der Waals surface area contributed by atoms with Gasteiger partial charge in [-0.05, 0) is 58.9 Å². The van der Waals surface area contributed by atoms with Crippen LogP contribution in [0.4, 0.5) is 0 Å². The summed E-state index contributed by atoms with van der Waals surface area (Å²) in [6, 6.07) is 8.73. The molecule has 94 valence electrons. The molecule has 1 aromatic carbocycles. The summed E-state index contributed by atoms with van der Waals surface area (Å²) in [6.45, 7) is 2.27. The maximum absolute atomic E-state index is 4.29. The zero-order valence-corrected chi connectivity index (χ0v) is 11.7. The van der Waals surface area contributed by atoms with Crippen LogP contribution in [0.1, 0.15) is 24.3 Å². The van der Waals surface area contributed by atoms with Crippen LogP contribution in [-0.2, 0) is 0 Å². The van der Waals surface area contributed by atoms with Crippen LogP contribution in [0.15, 0.2) is 41.1 Å². The van der Waals surface area contributed by atoms with Crippen LogP contribution in [0.5, 0.6) is 0 Å². The largest absolute Gasteiger partial charge is 0.316 e. The van der Waals surface area contributed by atoms with Crippen molar-refractivity contribution in [2.45, 2.75) is 18.8 Å². The third-order valence-electron chi connectivity index (χ3n) is 3.48. The molecule has 1 saturated heterocycles. The van der Waals surface area contributed by atoms with Crippen molar-refractivity contribution in [1.82, 2.24) is 15.1 Å². The second kappa shape index (κ2) is 5.24. The Morgan fingerprint density at radius 2 is 2.11 bits per heavy atom. The molecular formula is C14H16BrN3. The average Bonchev–Trinajstić information content (AvgIpc) is 2.87. The lowest BCUT2D eigenvalue weighted by Crippen LogP contribution is -2.28. The minimum Gasteiger partial charge on any atom is -0.316 e. The summed E-state index contributed by atoms with van der Waals surface area (Å²) in [4.78, 5) is 0. The highest BCUT2D eigenvalue weighted by Gasteiger charge is 2.14. The van der Waals surface area contributed by atoms with Crippen LogP contribution >= 0.6 is 15.9 Å². The minimum atomic E-state index is 0.664. The number of aromatic nitrogens is 2. The zero-order valence-electron chi connectivity index (χ0n) is 10.1. The minimum absolute atomic E-state index is 0.664. The van der Waals surface area contributed by atoms with Crippen LogP contribution < -0.4 is 5.32 Å². The second-order valence-corrected chi connectivity index (χ2v) is 5.65. The Labute approximate surface area is 115 Å². The van der Waals surface area contributed by atoms with Gasteiger partial charge in [0.2, 0.25) is 0 Å². The molecule has 2 heterocycles. The number of rotatable bonds is 2. The number of hydrogen-bond donors (Lipinski definition) is 1. The van der Waals surface area contributed by atoms with Crippen LogP contribution in [0, 0.1) is 0 Å². The summed E-state index contributed by atoms with van der Waals surface area (Å²) >= 11 is 3.41. The maximum Gasteiger partial charge on any atom is 0.0646 e. The van der Waals surface area contributed by atoms with E-state index in [9.17, 15) is 0 Å². The van der Waals surface area contributed by atoms with E-state index in [0.717, 1.165) is 23.2 Å². The van der Waals surface area contributed by atoms with Crippen molar-refractivity contribution in [1.29, 1.82) is 0 Å². The molecule has 1 atom stereocenters. The Morgan fingerprint density at radius 3 is 2.72 bits per heavy atom. The molecule has 3 nitrogen and oxygen atoms in total. The molecule has 0 saturated carbocycles. The summed E-state index contributed by atoms with van der Waals surface area (Å²) in [5.74, 6) is 0.664. The molecule has 1 N–H and O–H groups in total. The first-order valence-corrected chi connectivity index (χ1v) is 7.13. The number of nitrogens with one attached hydrogen (secondary N) is 1. The van der Waals surface area contributed by atoms with Gasteiger partial charge in [0.1, 0.15) is 0 Å². The molecule has 0 aliphatic carbocycles. The molecule has 0 radical (unpaired) electrons. The Morgan fingerprint density at radius 1 is 1.28 bits per heavy atom. The molecule has 0 bridgehead atoms. The monoisotopic (exact) mass is 305 g/mol. The van der Waals surface area contributed by atoms with Crippen molar-refractivity contribution in [3.8, 4) is 5.69 Å². The summed E-state index contributed by atoms with van der Waals surface area (Å²) in [7, 11) is 0. The van der Waals surface area contributed by atoms with E-state index in [1.54, 1.807) is 6.20 Å². The highest BCUT2D eigenvalue weighted by Crippen LogP contribution is 2.24. The predicted molar refractivity (Wildman–Crippen MR) is 76.1 cm³/mol. The molecule has 1 aliphatic rings. The third kappa shape index (κ3) is 2.49. The smallest absolute Gasteiger partial charge is 0.0646 e. The normalized spacial score (nSPS) is 19.9. The van der Waals surface area contributed by atoms with E-state index in [4.69, 9.17) is 0 Å². The highest BCUT2D eigenvalue weighted by atomic mass is 79.9. The molecular weight excluding hydrogens is 290 g/mol. The van der Waals surface area contributed by atoms with Gasteiger partial charge in [0, 0.05) is 12.7 Å². The molecule has 1 aromatic heterocycles. The summed E-state index contributed by atoms with van der Waals surface area (Å²) in [6.07, 6.45) is 6.34. The van der Waals surface area contributed by atoms with Gasteiger partial charge in [0.15, 0.2) is 0 Å². The predicted octanol–water partition coefficient (Wildman–Crippen LogP) is 3.10. The van der Waals surface area contributed by atoms with Crippen molar-refractivity contribution < 1.29 is 0 Å². The van der Waals surface area contributed by atoms with E-state index in [-0.39, 0.29) is 0 Å². The standard InChI is InChI=1S/C14H16BrN3/c15-13-9-17-18(10-13)14-5-3-11(4-6-14)12-2-1-7-16-8-12/h3-6,9-10,12,16H,1-2,7-8H2. The lowest BCUT2D eigenvalue weighted by molar-refractivity contribution is 0.461. The average molecular weight is 306 g/mol. The number of nitrogens with zero attached hydrogens (tertiary/aromatic N) is 2. The van der Waals surface area contributed by atoms with Crippen LogP contribution in [0.2, 0.25) is 0 Å². The summed E-state index contributed by atoms with van der Waals surface area (Å²) < 4.78 is 2.88. The molecule has 1 unspecified atom stereocenters. The van der Waals surface area contributed by atoms with Crippen molar-refractivity contribution in [2.75, 3.05) is 13.1 Å². The van der Waals surface area contributed by atoms with Gasteiger partial charge < -0.3 is 5.32 Å². The number of benzene rings is 1. The summed E-state index contributed by atoms with van der Waals surface area (Å²) in [5, 5.41) is 7.74. The van der Waals surface area contributed by atoms with E-state index in [1.807, 2.05) is 10.9 Å². The van der Waals surface area contributed by atoms with Gasteiger partial charge in [-0.25, -0.2) is 4.68 Å². The number of piperidine rings is 1. The van der Waals surface area contributed by atoms with E-state index in [1.165, 1.54) is 18.4 Å². The van der Waals surface area contributed by atoms with Crippen molar-refractivity contribution in [3.05, 3.63) is 46.7 Å². The Bertz CT molecular complexity index is 512. The first-order valence-electron chi connectivity index (χ1n) is 6.34. The molecule has 18 heavy (non-hydrogen) atoms. The molecule has 0 spiro atoms. The zero-order chi connectivity index (χ0) is 12.4. The van der Waals surface area contributed by atoms with Gasteiger partial charge in [-0.2, -0.15) is 5.10 Å². The van der Waals surface area contributed by atoms with Crippen LogP contribution in [0.3, 0.4) is 0 Å². The quantitative estimate of drug-likeness (QED) is 0.924. The fourth-order valence-electron chi connectivity index (χ4n) is 2.48. The van der Waals surface area contributed by atoms with Crippen molar-refractivity contribution in [2.24, 2.45) is 0 Å². The van der Waals surface area contributed by atoms with Crippen LogP contribution in [-0.4, -0.2) is 22.9 Å². The fraction of sp³-hybridized carbons (Fsp3) is 0.357. The molecule has 4 heteroatoms. The van der Waals surface area contributed by atoms with Gasteiger partial charge in [-0.1, -0.05) is 12.1 Å². The number of hydrogen-bond acceptors (Lipinski definition) is 2. The van der Waals surface area contributed by atoms with E-state index < -0.39 is 0 Å². The molecule has 1 aliphatic heterocycles. The lowest BCUT2D eigenvalue weighted by Gasteiger charge is -2.23. The van der Waals surface area contributed by atoms with Gasteiger partial charge in [0.05, 0.1) is 16.4 Å². The Kier molecular flexibility index (Phi) is 3.48. The van der Waals surface area contributed by atoms with Crippen molar-refractivity contribution in [3.63, 3.8) is 0 Å². The summed E-state index contributed by atoms with van der Waals surface area (Å²) in [5.41, 5.74) is 2.53. The molecule has 0 amide bonds. The fourth-order valence-corrected chi connectivity index (χ4v) is 2.76. The number of halogens is 1. The first kappa shape index (κ1) is 11.9. The van der Waals surface area contributed by atoms with Crippen LogP contribution in [0.25, 0.3) is 5.69 Å². The SMILES string of the molecule is Brc1cnn(-c2ccc(C3CCCNC3)cc2)c1. The Balaban J connectivity index is 1.80. The second-order valence-electron chi connectivity index (χ2n) is 4.74. The van der Waals surface area contributed by atoms with E-state index in [2.05, 4.69) is 50.6 Å². The molecule has 3 rings (SSSR count). The topological polar surface area (TPSA) is 29.9 Å².